The van der Waals surface area contributed by atoms with E-state index in [1.54, 1.807) is 12.1 Å². The molecule has 24 heavy (non-hydrogen) atoms. The Morgan fingerprint density at radius 3 is 2.21 bits per heavy atom. The number of hydrogen-bond acceptors (Lipinski definition) is 4. The second-order valence-corrected chi connectivity index (χ2v) is 8.29. The minimum atomic E-state index is -3.57. The van der Waals surface area contributed by atoms with Gasteiger partial charge in [0.1, 0.15) is 0 Å². The van der Waals surface area contributed by atoms with Gasteiger partial charge >= 0.3 is 6.03 Å². The van der Waals surface area contributed by atoms with Crippen molar-refractivity contribution in [2.45, 2.75) is 50.8 Å². The first-order chi connectivity index (χ1) is 11.2. The second-order valence-electron chi connectivity index (χ2n) is 6.36. The summed E-state index contributed by atoms with van der Waals surface area (Å²) in [5, 5.41) is 5.37. The molecule has 2 N–H and O–H groups in total. The molecule has 0 aromatic heterocycles. The van der Waals surface area contributed by atoms with Crippen molar-refractivity contribution in [1.82, 2.24) is 9.62 Å². The maximum absolute atomic E-state index is 12.7. The summed E-state index contributed by atoms with van der Waals surface area (Å²) in [6.07, 6.45) is -0.270. The molecule has 1 aliphatic rings. The van der Waals surface area contributed by atoms with Gasteiger partial charge < -0.3 is 15.4 Å². The van der Waals surface area contributed by atoms with Gasteiger partial charge in [0, 0.05) is 24.8 Å². The Kier molecular flexibility index (Phi) is 5.84. The lowest BCUT2D eigenvalue weighted by molar-refractivity contribution is -0.0440. The maximum atomic E-state index is 12.7. The van der Waals surface area contributed by atoms with Crippen LogP contribution in [0.25, 0.3) is 0 Å². The number of carbonyl (C=O) groups is 1. The molecule has 1 aliphatic heterocycles. The third kappa shape index (κ3) is 4.68. The molecule has 2 unspecified atom stereocenters. The largest absolute Gasteiger partial charge is 0.373 e. The molecule has 2 amide bonds. The first-order valence-corrected chi connectivity index (χ1v) is 9.45. The third-order valence-corrected chi connectivity index (χ3v) is 5.40. The topological polar surface area (TPSA) is 87.7 Å². The molecule has 0 radical (unpaired) electrons. The van der Waals surface area contributed by atoms with Crippen LogP contribution in [0.4, 0.5) is 10.5 Å². The van der Waals surface area contributed by atoms with E-state index in [-0.39, 0.29) is 29.2 Å². The van der Waals surface area contributed by atoms with Crippen LogP contribution in [0.3, 0.4) is 0 Å². The van der Waals surface area contributed by atoms with Crippen LogP contribution in [-0.4, -0.2) is 50.1 Å². The predicted octanol–water partition coefficient (Wildman–Crippen LogP) is 2.01. The van der Waals surface area contributed by atoms with E-state index < -0.39 is 10.0 Å². The molecule has 134 valence electrons. The fourth-order valence-corrected chi connectivity index (χ4v) is 4.21. The van der Waals surface area contributed by atoms with Crippen LogP contribution < -0.4 is 10.6 Å². The van der Waals surface area contributed by atoms with Gasteiger partial charge in [0.25, 0.3) is 0 Å². The Balaban J connectivity index is 2.10. The molecule has 0 saturated carbocycles. The number of morpholine rings is 1. The number of hydrogen-bond donors (Lipinski definition) is 2. The van der Waals surface area contributed by atoms with Crippen LogP contribution in [-0.2, 0) is 14.8 Å². The first kappa shape index (κ1) is 18.7. The molecule has 2 rings (SSSR count). The number of urea groups is 1. The molecule has 0 spiro atoms. The van der Waals surface area contributed by atoms with E-state index in [4.69, 9.17) is 4.74 Å². The number of anilines is 1. The van der Waals surface area contributed by atoms with Crippen LogP contribution >= 0.6 is 0 Å². The number of amides is 2. The minimum Gasteiger partial charge on any atom is -0.373 e. The number of carbonyl (C=O) groups excluding carboxylic acids is 1. The summed E-state index contributed by atoms with van der Waals surface area (Å²) in [6, 6.07) is 5.88. The van der Waals surface area contributed by atoms with Gasteiger partial charge in [-0.25, -0.2) is 13.2 Å². The highest BCUT2D eigenvalue weighted by Gasteiger charge is 2.32. The Morgan fingerprint density at radius 2 is 1.71 bits per heavy atom. The van der Waals surface area contributed by atoms with Crippen LogP contribution in [0.15, 0.2) is 29.2 Å². The van der Waals surface area contributed by atoms with E-state index in [1.165, 1.54) is 16.4 Å². The Morgan fingerprint density at radius 1 is 1.17 bits per heavy atom. The van der Waals surface area contributed by atoms with Crippen LogP contribution in [0.5, 0.6) is 0 Å². The zero-order chi connectivity index (χ0) is 17.9. The van der Waals surface area contributed by atoms with E-state index in [9.17, 15) is 13.2 Å². The quantitative estimate of drug-likeness (QED) is 0.865. The number of sulfonamides is 1. The molecule has 1 fully saturated rings. The zero-order valence-electron chi connectivity index (χ0n) is 14.4. The molecule has 7 nitrogen and oxygen atoms in total. The molecule has 8 heteroatoms. The van der Waals surface area contributed by atoms with Crippen molar-refractivity contribution in [1.29, 1.82) is 0 Å². The van der Waals surface area contributed by atoms with Crippen molar-refractivity contribution in [3.63, 3.8) is 0 Å². The van der Waals surface area contributed by atoms with Gasteiger partial charge in [-0.1, -0.05) is 0 Å². The lowest BCUT2D eigenvalue weighted by Gasteiger charge is -2.34. The molecule has 0 bridgehead atoms. The molecule has 1 heterocycles. The lowest BCUT2D eigenvalue weighted by atomic mass is 10.3. The van der Waals surface area contributed by atoms with Gasteiger partial charge in [-0.15, -0.1) is 0 Å². The van der Waals surface area contributed by atoms with Crippen molar-refractivity contribution in [3.05, 3.63) is 24.3 Å². The van der Waals surface area contributed by atoms with Crippen LogP contribution in [0.1, 0.15) is 27.7 Å². The fraction of sp³-hybridized carbons (Fsp3) is 0.562. The number of nitrogens with one attached hydrogen (secondary N) is 2. The number of nitrogens with zero attached hydrogens (tertiary/aromatic N) is 1. The Hall–Kier alpha value is -1.64. The fourth-order valence-electron chi connectivity index (χ4n) is 2.62. The highest BCUT2D eigenvalue weighted by molar-refractivity contribution is 7.89. The summed E-state index contributed by atoms with van der Waals surface area (Å²) >= 11 is 0. The average Bonchev–Trinajstić information content (AvgIpc) is 2.45. The summed E-state index contributed by atoms with van der Waals surface area (Å²) in [4.78, 5) is 11.9. The molecular formula is C16H25N3O4S. The monoisotopic (exact) mass is 355 g/mol. The van der Waals surface area contributed by atoms with Gasteiger partial charge in [-0.05, 0) is 52.0 Å². The summed E-state index contributed by atoms with van der Waals surface area (Å²) in [7, 11) is -3.57. The summed E-state index contributed by atoms with van der Waals surface area (Å²) in [6.45, 7) is 8.11. The average molecular weight is 355 g/mol. The van der Waals surface area contributed by atoms with E-state index in [0.717, 1.165) is 0 Å². The van der Waals surface area contributed by atoms with Crippen molar-refractivity contribution >= 4 is 21.7 Å². The van der Waals surface area contributed by atoms with E-state index >= 15 is 0 Å². The van der Waals surface area contributed by atoms with Crippen molar-refractivity contribution in [2.24, 2.45) is 0 Å². The predicted molar refractivity (Wildman–Crippen MR) is 92.5 cm³/mol. The summed E-state index contributed by atoms with van der Waals surface area (Å²) in [5.41, 5.74) is 0.538. The van der Waals surface area contributed by atoms with Gasteiger partial charge in [0.05, 0.1) is 17.1 Å². The molecule has 1 aromatic carbocycles. The van der Waals surface area contributed by atoms with Gasteiger partial charge in [0.2, 0.25) is 10.0 Å². The summed E-state index contributed by atoms with van der Waals surface area (Å²) in [5.74, 6) is 0. The van der Waals surface area contributed by atoms with Crippen molar-refractivity contribution in [2.75, 3.05) is 18.4 Å². The first-order valence-electron chi connectivity index (χ1n) is 8.01. The normalized spacial score (nSPS) is 22.4. The van der Waals surface area contributed by atoms with Gasteiger partial charge in [0.15, 0.2) is 0 Å². The van der Waals surface area contributed by atoms with E-state index in [0.29, 0.717) is 18.8 Å². The molecule has 0 aliphatic carbocycles. The number of rotatable bonds is 4. The summed E-state index contributed by atoms with van der Waals surface area (Å²) < 4.78 is 32.5. The highest BCUT2D eigenvalue weighted by atomic mass is 32.2. The zero-order valence-corrected chi connectivity index (χ0v) is 15.3. The van der Waals surface area contributed by atoms with Gasteiger partial charge in [-0.3, -0.25) is 0 Å². The Bertz CT molecular complexity index is 663. The van der Waals surface area contributed by atoms with Crippen molar-refractivity contribution < 1.29 is 17.9 Å². The smallest absolute Gasteiger partial charge is 0.319 e. The molecular weight excluding hydrogens is 330 g/mol. The maximum Gasteiger partial charge on any atom is 0.319 e. The van der Waals surface area contributed by atoms with Crippen LogP contribution in [0.2, 0.25) is 0 Å². The molecule has 2 atom stereocenters. The number of benzene rings is 1. The molecule has 1 saturated heterocycles. The third-order valence-electron chi connectivity index (χ3n) is 3.56. The number of ether oxygens (including phenoxy) is 1. The van der Waals surface area contributed by atoms with E-state index in [2.05, 4.69) is 10.6 Å². The second kappa shape index (κ2) is 7.50. The lowest BCUT2D eigenvalue weighted by Crippen LogP contribution is -2.48. The van der Waals surface area contributed by atoms with Crippen molar-refractivity contribution in [3.8, 4) is 0 Å². The minimum absolute atomic E-state index is 0.0231. The molecule has 1 aromatic rings. The van der Waals surface area contributed by atoms with E-state index in [1.807, 2.05) is 27.7 Å². The van der Waals surface area contributed by atoms with Crippen LogP contribution in [0, 0.1) is 0 Å². The Labute approximate surface area is 143 Å². The van der Waals surface area contributed by atoms with Gasteiger partial charge in [-0.2, -0.15) is 4.31 Å². The standard InChI is InChI=1S/C16H25N3O4S/c1-11(2)17-16(20)18-14-5-7-15(8-6-14)24(21,22)19-9-12(3)23-13(4)10-19/h5-8,11-13H,9-10H2,1-4H3,(H2,17,18,20). The highest BCUT2D eigenvalue weighted by Crippen LogP contribution is 2.22. The SMILES string of the molecule is CC(C)NC(=O)Nc1ccc(S(=O)(=O)N2CC(C)OC(C)C2)cc1.